The van der Waals surface area contributed by atoms with E-state index in [1.165, 1.54) is 43.6 Å². The molecule has 1 fully saturated rings. The van der Waals surface area contributed by atoms with E-state index in [-0.39, 0.29) is 12.2 Å². The Hall–Kier alpha value is -2.68. The topological polar surface area (TPSA) is 37.5 Å². The first-order valence-electron chi connectivity index (χ1n) is 13.6. The molecule has 1 aliphatic heterocycles. The molecule has 1 saturated heterocycles. The van der Waals surface area contributed by atoms with E-state index < -0.39 is 5.79 Å². The molecule has 1 aliphatic rings. The number of aromatic nitrogens is 2. The minimum Gasteiger partial charge on any atom is -0.372 e. The lowest BCUT2D eigenvalue weighted by Gasteiger charge is -2.24. The lowest BCUT2D eigenvalue weighted by Crippen LogP contribution is -2.31. The van der Waals surface area contributed by atoms with Crippen LogP contribution in [0.25, 0.3) is 43.6 Å². The maximum absolute atomic E-state index is 6.74. The zero-order valence-corrected chi connectivity index (χ0v) is 25.6. The number of benzene rings is 4. The molecule has 204 valence electrons. The van der Waals surface area contributed by atoms with E-state index in [1.54, 1.807) is 0 Å². The van der Waals surface area contributed by atoms with Crippen LogP contribution in [0.15, 0.2) is 93.9 Å². The molecule has 5 nitrogen and oxygen atoms in total. The van der Waals surface area contributed by atoms with Crippen molar-refractivity contribution in [1.29, 1.82) is 0 Å². The van der Waals surface area contributed by atoms with Crippen molar-refractivity contribution in [2.75, 3.05) is 13.2 Å². The first-order chi connectivity index (χ1) is 19.4. The monoisotopic (exact) mass is 660 g/mol. The lowest BCUT2D eigenvalue weighted by molar-refractivity contribution is -0.148. The van der Waals surface area contributed by atoms with E-state index >= 15 is 0 Å². The molecule has 0 radical (unpaired) electrons. The van der Waals surface area contributed by atoms with Gasteiger partial charge in [0.25, 0.3) is 0 Å². The summed E-state index contributed by atoms with van der Waals surface area (Å²) in [4.78, 5) is 0. The Balaban J connectivity index is 1.31. The Morgan fingerprint density at radius 3 is 1.75 bits per heavy atom. The summed E-state index contributed by atoms with van der Waals surface area (Å²) >= 11 is 7.36. The van der Waals surface area contributed by atoms with Crippen molar-refractivity contribution in [3.63, 3.8) is 0 Å². The second-order valence-corrected chi connectivity index (χ2v) is 12.8. The van der Waals surface area contributed by atoms with E-state index in [0.29, 0.717) is 26.3 Å². The van der Waals surface area contributed by atoms with Gasteiger partial charge in [0.05, 0.1) is 32.4 Å². The molecule has 0 amide bonds. The molecular formula is C33H30Br2N2O3. The normalized spacial score (nSPS) is 17.9. The van der Waals surface area contributed by atoms with Crippen LogP contribution in [0.3, 0.4) is 0 Å². The van der Waals surface area contributed by atoms with E-state index in [9.17, 15) is 0 Å². The molecule has 6 aromatic rings. The van der Waals surface area contributed by atoms with Gasteiger partial charge in [0, 0.05) is 52.6 Å². The van der Waals surface area contributed by atoms with Gasteiger partial charge < -0.3 is 23.3 Å². The van der Waals surface area contributed by atoms with Gasteiger partial charge in [-0.15, -0.1) is 0 Å². The van der Waals surface area contributed by atoms with E-state index in [0.717, 1.165) is 8.95 Å². The lowest BCUT2D eigenvalue weighted by atomic mass is 10.2. The fraction of sp³-hybridized carbons (Fsp3) is 0.273. The number of ether oxygens (including phenoxy) is 3. The smallest absolute Gasteiger partial charge is 0.163 e. The summed E-state index contributed by atoms with van der Waals surface area (Å²) in [6.45, 7) is 6.32. The molecule has 7 rings (SSSR count). The average molecular weight is 662 g/mol. The van der Waals surface area contributed by atoms with Gasteiger partial charge in [-0.1, -0.05) is 68.3 Å². The number of nitrogens with zero attached hydrogens (tertiary/aromatic N) is 2. The molecule has 0 N–H and O–H groups in total. The van der Waals surface area contributed by atoms with Gasteiger partial charge in [-0.3, -0.25) is 0 Å². The van der Waals surface area contributed by atoms with E-state index in [4.69, 9.17) is 14.2 Å². The van der Waals surface area contributed by atoms with Crippen LogP contribution in [-0.4, -0.2) is 40.3 Å². The number of para-hydroxylation sites is 2. The molecule has 0 saturated carbocycles. The Morgan fingerprint density at radius 2 is 1.25 bits per heavy atom. The molecule has 40 heavy (non-hydrogen) atoms. The Bertz CT molecular complexity index is 1760. The van der Waals surface area contributed by atoms with Crippen LogP contribution in [0.4, 0.5) is 0 Å². The van der Waals surface area contributed by atoms with Gasteiger partial charge in [0.1, 0.15) is 6.10 Å². The molecule has 4 aromatic carbocycles. The predicted octanol–water partition coefficient (Wildman–Crippen LogP) is 8.66. The van der Waals surface area contributed by atoms with Gasteiger partial charge in [0.15, 0.2) is 5.79 Å². The third-order valence-corrected chi connectivity index (χ3v) is 8.81. The summed E-state index contributed by atoms with van der Waals surface area (Å²) < 4.78 is 25.6. The van der Waals surface area contributed by atoms with Gasteiger partial charge >= 0.3 is 0 Å². The summed E-state index contributed by atoms with van der Waals surface area (Å²) in [6.07, 6.45) is -0.210. The molecule has 2 atom stereocenters. The molecule has 0 bridgehead atoms. The van der Waals surface area contributed by atoms with Crippen molar-refractivity contribution in [3.8, 4) is 0 Å². The highest BCUT2D eigenvalue weighted by atomic mass is 79.9. The molecular weight excluding hydrogens is 632 g/mol. The largest absolute Gasteiger partial charge is 0.372 e. The highest BCUT2D eigenvalue weighted by molar-refractivity contribution is 9.10. The summed E-state index contributed by atoms with van der Waals surface area (Å²) in [5.41, 5.74) is 4.81. The molecule has 0 spiro atoms. The van der Waals surface area contributed by atoms with E-state index in [2.05, 4.69) is 126 Å². The predicted molar refractivity (Wildman–Crippen MR) is 169 cm³/mol. The Morgan fingerprint density at radius 1 is 0.750 bits per heavy atom. The zero-order valence-electron chi connectivity index (χ0n) is 22.4. The van der Waals surface area contributed by atoms with Crippen LogP contribution in [0.1, 0.15) is 13.8 Å². The maximum Gasteiger partial charge on any atom is 0.163 e. The number of halogens is 2. The first kappa shape index (κ1) is 26.2. The van der Waals surface area contributed by atoms with Crippen LogP contribution in [-0.2, 0) is 27.3 Å². The Kier molecular flexibility index (Phi) is 6.76. The third-order valence-electron chi connectivity index (χ3n) is 7.83. The fourth-order valence-corrected chi connectivity index (χ4v) is 6.83. The summed E-state index contributed by atoms with van der Waals surface area (Å²) in [5, 5.41) is 4.96. The standard InChI is InChI=1S/C33H30Br2N2O3/c1-33(2)39-20-24(40-33)19-38-23(17-36-29-9-5-3-7-25(29)26-8-4-6-10-30(26)36)18-37-31-13-11-21(34)15-27(31)28-16-22(35)12-14-32(28)37/h3-16,23-24H,17-20H2,1-2H3/t23-,24+/m0/s1. The first-order valence-corrected chi connectivity index (χ1v) is 15.2. The van der Waals surface area contributed by atoms with Crippen molar-refractivity contribution in [2.24, 2.45) is 0 Å². The van der Waals surface area contributed by atoms with Crippen molar-refractivity contribution >= 4 is 75.5 Å². The Labute approximate surface area is 249 Å². The quantitative estimate of drug-likeness (QED) is 0.172. The van der Waals surface area contributed by atoms with Crippen molar-refractivity contribution in [2.45, 2.75) is 44.9 Å². The van der Waals surface area contributed by atoms with Gasteiger partial charge in [-0.2, -0.15) is 0 Å². The van der Waals surface area contributed by atoms with Gasteiger partial charge in [-0.25, -0.2) is 0 Å². The number of hydrogen-bond acceptors (Lipinski definition) is 3. The molecule has 3 heterocycles. The third kappa shape index (κ3) is 4.78. The molecule has 7 heteroatoms. The molecule has 0 unspecified atom stereocenters. The van der Waals surface area contributed by atoms with Crippen LogP contribution < -0.4 is 0 Å². The summed E-state index contributed by atoms with van der Waals surface area (Å²) in [6, 6.07) is 30.3. The summed E-state index contributed by atoms with van der Waals surface area (Å²) in [7, 11) is 0. The number of hydrogen-bond donors (Lipinski definition) is 0. The van der Waals surface area contributed by atoms with Crippen LogP contribution >= 0.6 is 31.9 Å². The summed E-state index contributed by atoms with van der Waals surface area (Å²) in [5.74, 6) is -0.579. The fourth-order valence-electron chi connectivity index (χ4n) is 6.10. The van der Waals surface area contributed by atoms with Crippen molar-refractivity contribution in [1.82, 2.24) is 9.13 Å². The minimum atomic E-state index is -0.579. The van der Waals surface area contributed by atoms with Crippen LogP contribution in [0.5, 0.6) is 0 Å². The maximum atomic E-state index is 6.74. The molecule has 0 aliphatic carbocycles. The number of fused-ring (bicyclic) bond motifs is 6. The minimum absolute atomic E-state index is 0.0966. The van der Waals surface area contributed by atoms with Crippen molar-refractivity contribution < 1.29 is 14.2 Å². The highest BCUT2D eigenvalue weighted by Gasteiger charge is 2.33. The highest BCUT2D eigenvalue weighted by Crippen LogP contribution is 2.35. The molecule has 2 aromatic heterocycles. The van der Waals surface area contributed by atoms with Crippen LogP contribution in [0.2, 0.25) is 0 Å². The second-order valence-electron chi connectivity index (χ2n) is 11.0. The SMILES string of the molecule is CC1(C)OC[C@@H](CO[C@@H](Cn2c3ccccc3c3ccccc32)Cn2c3ccc(Br)cc3c3cc(Br)ccc32)O1. The number of rotatable bonds is 7. The van der Waals surface area contributed by atoms with Gasteiger partial charge in [0.2, 0.25) is 0 Å². The average Bonchev–Trinajstić information content (AvgIpc) is 3.56. The zero-order chi connectivity index (χ0) is 27.4. The van der Waals surface area contributed by atoms with Crippen LogP contribution in [0, 0.1) is 0 Å². The van der Waals surface area contributed by atoms with E-state index in [1.807, 2.05) is 13.8 Å². The van der Waals surface area contributed by atoms with Gasteiger partial charge in [-0.05, 0) is 62.4 Å². The second kappa shape index (κ2) is 10.3. The van der Waals surface area contributed by atoms with Crippen molar-refractivity contribution in [3.05, 3.63) is 93.9 Å².